The Morgan fingerprint density at radius 2 is 2.15 bits per heavy atom. The third kappa shape index (κ3) is 1.72. The average Bonchev–Trinajstić information content (AvgIpc) is 2.53. The van der Waals surface area contributed by atoms with Gasteiger partial charge in [-0.3, -0.25) is 0 Å². The molecule has 0 bridgehead atoms. The normalized spacial score (nSPS) is 15.5. The zero-order chi connectivity index (χ0) is 9.26. The van der Waals surface area contributed by atoms with Crippen molar-refractivity contribution in [1.82, 2.24) is 0 Å². The van der Waals surface area contributed by atoms with Gasteiger partial charge in [-0.05, 0) is 34.7 Å². The lowest BCUT2D eigenvalue weighted by atomic mass is 10.2. The Morgan fingerprint density at radius 1 is 1.38 bits per heavy atom. The fraction of sp³-hybridized carbons (Fsp3) is 0.111. The minimum atomic E-state index is -0.283. The molecule has 0 radical (unpaired) electrons. The van der Waals surface area contributed by atoms with Gasteiger partial charge in [-0.2, -0.15) is 0 Å². The summed E-state index contributed by atoms with van der Waals surface area (Å²) in [6.07, 6.45) is 0. The standard InChI is InChI=1S/C9H6INO2/c10-7-4-2-1-3-6(7)9-11-5-8(12)13-9/h1-4H,5H2. The van der Waals surface area contributed by atoms with Crippen LogP contribution in [0.5, 0.6) is 0 Å². The van der Waals surface area contributed by atoms with Crippen LogP contribution < -0.4 is 0 Å². The summed E-state index contributed by atoms with van der Waals surface area (Å²) < 4.78 is 5.97. The molecular formula is C9H6INO2. The summed E-state index contributed by atoms with van der Waals surface area (Å²) >= 11 is 2.18. The highest BCUT2D eigenvalue weighted by atomic mass is 127. The Balaban J connectivity index is 2.37. The van der Waals surface area contributed by atoms with Crippen LogP contribution in [0, 0.1) is 3.57 Å². The molecule has 0 amide bonds. The van der Waals surface area contributed by atoms with Gasteiger partial charge in [-0.15, -0.1) is 0 Å². The van der Waals surface area contributed by atoms with Crippen LogP contribution in [-0.4, -0.2) is 18.4 Å². The van der Waals surface area contributed by atoms with Gasteiger partial charge in [0.05, 0.1) is 5.56 Å². The zero-order valence-corrected chi connectivity index (χ0v) is 8.82. The maximum absolute atomic E-state index is 10.8. The van der Waals surface area contributed by atoms with Gasteiger partial charge in [0, 0.05) is 3.57 Å². The molecule has 66 valence electrons. The van der Waals surface area contributed by atoms with E-state index in [4.69, 9.17) is 4.74 Å². The molecule has 4 heteroatoms. The molecule has 1 heterocycles. The zero-order valence-electron chi connectivity index (χ0n) is 6.66. The van der Waals surface area contributed by atoms with Crippen molar-refractivity contribution in [1.29, 1.82) is 0 Å². The molecule has 1 aliphatic rings. The van der Waals surface area contributed by atoms with Crippen LogP contribution in [-0.2, 0) is 9.53 Å². The Kier molecular flexibility index (Phi) is 2.30. The van der Waals surface area contributed by atoms with Crippen molar-refractivity contribution in [2.24, 2.45) is 4.99 Å². The van der Waals surface area contributed by atoms with Crippen LogP contribution >= 0.6 is 22.6 Å². The summed E-state index contributed by atoms with van der Waals surface area (Å²) in [5.41, 5.74) is 0.883. The van der Waals surface area contributed by atoms with Crippen molar-refractivity contribution in [3.05, 3.63) is 33.4 Å². The SMILES string of the molecule is O=C1CN=C(c2ccccc2I)O1. The summed E-state index contributed by atoms with van der Waals surface area (Å²) in [5, 5.41) is 0. The van der Waals surface area contributed by atoms with Crippen LogP contribution in [0.4, 0.5) is 0 Å². The van der Waals surface area contributed by atoms with Gasteiger partial charge in [0.1, 0.15) is 6.54 Å². The van der Waals surface area contributed by atoms with Crippen molar-refractivity contribution >= 4 is 34.5 Å². The van der Waals surface area contributed by atoms with E-state index in [1.165, 1.54) is 0 Å². The van der Waals surface area contributed by atoms with E-state index in [0.29, 0.717) is 5.90 Å². The lowest BCUT2D eigenvalue weighted by molar-refractivity contribution is -0.132. The molecule has 0 unspecified atom stereocenters. The molecule has 0 saturated carbocycles. The van der Waals surface area contributed by atoms with E-state index in [-0.39, 0.29) is 12.5 Å². The number of ether oxygens (including phenoxy) is 1. The van der Waals surface area contributed by atoms with Crippen molar-refractivity contribution in [3.63, 3.8) is 0 Å². The first-order valence-electron chi connectivity index (χ1n) is 3.77. The molecule has 0 aliphatic carbocycles. The van der Waals surface area contributed by atoms with Crippen LogP contribution in [0.1, 0.15) is 5.56 Å². The number of nitrogens with zero attached hydrogens (tertiary/aromatic N) is 1. The second kappa shape index (κ2) is 3.45. The Hall–Kier alpha value is -0.910. The highest BCUT2D eigenvalue weighted by Gasteiger charge is 2.19. The average molecular weight is 287 g/mol. The van der Waals surface area contributed by atoms with Crippen LogP contribution in [0.25, 0.3) is 0 Å². The third-order valence-electron chi connectivity index (χ3n) is 1.67. The fourth-order valence-electron chi connectivity index (χ4n) is 1.08. The van der Waals surface area contributed by atoms with Crippen molar-refractivity contribution in [3.8, 4) is 0 Å². The maximum atomic E-state index is 10.8. The number of aliphatic imine (C=N–C) groups is 1. The summed E-state index contributed by atoms with van der Waals surface area (Å²) in [6, 6.07) is 7.67. The van der Waals surface area contributed by atoms with E-state index in [2.05, 4.69) is 27.6 Å². The van der Waals surface area contributed by atoms with E-state index < -0.39 is 0 Å². The van der Waals surface area contributed by atoms with Gasteiger partial charge >= 0.3 is 5.97 Å². The molecule has 0 saturated heterocycles. The summed E-state index contributed by atoms with van der Waals surface area (Å²) in [5.74, 6) is 0.157. The van der Waals surface area contributed by atoms with Crippen molar-refractivity contribution < 1.29 is 9.53 Å². The van der Waals surface area contributed by atoms with E-state index in [1.54, 1.807) is 0 Å². The first kappa shape index (κ1) is 8.68. The second-order valence-electron chi connectivity index (χ2n) is 2.58. The van der Waals surface area contributed by atoms with Gasteiger partial charge in [-0.25, -0.2) is 9.79 Å². The summed E-state index contributed by atoms with van der Waals surface area (Å²) in [6.45, 7) is 0.139. The highest BCUT2D eigenvalue weighted by Crippen LogP contribution is 2.15. The van der Waals surface area contributed by atoms with Gasteiger partial charge in [0.2, 0.25) is 5.90 Å². The molecule has 13 heavy (non-hydrogen) atoms. The quantitative estimate of drug-likeness (QED) is 0.581. The molecule has 0 spiro atoms. The molecule has 1 aromatic carbocycles. The summed E-state index contributed by atoms with van der Waals surface area (Å²) in [7, 11) is 0. The first-order chi connectivity index (χ1) is 6.27. The molecule has 2 rings (SSSR count). The molecule has 1 aliphatic heterocycles. The number of carbonyl (C=O) groups excluding carboxylic acids is 1. The minimum absolute atomic E-state index is 0.139. The predicted molar refractivity (Wildman–Crippen MR) is 56.7 cm³/mol. The molecule has 0 atom stereocenters. The van der Waals surface area contributed by atoms with E-state index in [0.717, 1.165) is 9.13 Å². The van der Waals surface area contributed by atoms with Gasteiger partial charge < -0.3 is 4.74 Å². The molecule has 3 nitrogen and oxygen atoms in total. The van der Waals surface area contributed by atoms with Gasteiger partial charge in [0.25, 0.3) is 0 Å². The molecule has 0 N–H and O–H groups in total. The van der Waals surface area contributed by atoms with Crippen molar-refractivity contribution in [2.45, 2.75) is 0 Å². The summed E-state index contributed by atoms with van der Waals surface area (Å²) in [4.78, 5) is 14.8. The lowest BCUT2D eigenvalue weighted by Gasteiger charge is -2.01. The Bertz CT molecular complexity index is 387. The largest absolute Gasteiger partial charge is 0.406 e. The lowest BCUT2D eigenvalue weighted by Crippen LogP contribution is -2.06. The monoisotopic (exact) mass is 287 g/mol. The number of benzene rings is 1. The third-order valence-corrected chi connectivity index (χ3v) is 2.61. The maximum Gasteiger partial charge on any atom is 0.334 e. The number of halogens is 1. The van der Waals surface area contributed by atoms with Crippen LogP contribution in [0.2, 0.25) is 0 Å². The van der Waals surface area contributed by atoms with Crippen molar-refractivity contribution in [2.75, 3.05) is 6.54 Å². The fourth-order valence-corrected chi connectivity index (χ4v) is 1.70. The Morgan fingerprint density at radius 3 is 2.77 bits per heavy atom. The number of hydrogen-bond acceptors (Lipinski definition) is 3. The van der Waals surface area contributed by atoms with Crippen LogP contribution in [0.3, 0.4) is 0 Å². The topological polar surface area (TPSA) is 38.7 Å². The molecule has 0 aromatic heterocycles. The number of cyclic esters (lactones) is 1. The van der Waals surface area contributed by atoms with Crippen LogP contribution in [0.15, 0.2) is 29.3 Å². The number of hydrogen-bond donors (Lipinski definition) is 0. The van der Waals surface area contributed by atoms with E-state index in [1.807, 2.05) is 24.3 Å². The van der Waals surface area contributed by atoms with E-state index in [9.17, 15) is 4.79 Å². The Labute approximate surface area is 89.0 Å². The predicted octanol–water partition coefficient (Wildman–Crippen LogP) is 1.59. The number of esters is 1. The first-order valence-corrected chi connectivity index (χ1v) is 4.85. The molecule has 0 fully saturated rings. The molecular weight excluding hydrogens is 281 g/mol. The number of rotatable bonds is 1. The molecule has 1 aromatic rings. The number of carbonyl (C=O) groups is 1. The van der Waals surface area contributed by atoms with Gasteiger partial charge in [-0.1, -0.05) is 12.1 Å². The van der Waals surface area contributed by atoms with E-state index >= 15 is 0 Å². The van der Waals surface area contributed by atoms with Gasteiger partial charge in [0.15, 0.2) is 0 Å². The minimum Gasteiger partial charge on any atom is -0.406 e. The smallest absolute Gasteiger partial charge is 0.334 e. The second-order valence-corrected chi connectivity index (χ2v) is 3.74. The highest BCUT2D eigenvalue weighted by molar-refractivity contribution is 14.1.